The molecule has 0 radical (unpaired) electrons. The van der Waals surface area contributed by atoms with Gasteiger partial charge >= 0.3 is 0 Å². The highest BCUT2D eigenvalue weighted by molar-refractivity contribution is 7.91. The zero-order valence-electron chi connectivity index (χ0n) is 7.07. The summed E-state index contributed by atoms with van der Waals surface area (Å²) in [5.74, 6) is -1.15. The minimum atomic E-state index is -3.63. The van der Waals surface area contributed by atoms with E-state index in [1.54, 1.807) is 0 Å². The fourth-order valence-corrected chi connectivity index (χ4v) is 2.31. The van der Waals surface area contributed by atoms with E-state index in [2.05, 4.69) is 0 Å². The van der Waals surface area contributed by atoms with E-state index in [1.807, 2.05) is 0 Å². The van der Waals surface area contributed by atoms with E-state index < -0.39 is 28.0 Å². The highest BCUT2D eigenvalue weighted by Crippen LogP contribution is 2.18. The third-order valence-electron chi connectivity index (χ3n) is 1.56. The molecule has 78 valence electrons. The molecule has 0 fully saturated rings. The van der Waals surface area contributed by atoms with Gasteiger partial charge < -0.3 is 5.11 Å². The molecule has 1 rings (SSSR count). The van der Waals surface area contributed by atoms with Gasteiger partial charge in [0.15, 0.2) is 9.84 Å². The Morgan fingerprint density at radius 3 is 2.50 bits per heavy atom. The number of aliphatic hydroxyl groups excluding tert-OH is 1. The summed E-state index contributed by atoms with van der Waals surface area (Å²) in [5, 5.41) is 8.51. The Kier molecular flexibility index (Phi) is 3.47. The molecule has 1 aromatic rings. The number of hydrogen-bond donors (Lipinski definition) is 1. The van der Waals surface area contributed by atoms with E-state index in [0.717, 1.165) is 18.2 Å². The Morgan fingerprint density at radius 2 is 2.00 bits per heavy atom. The highest BCUT2D eigenvalue weighted by atomic mass is 35.5. The fraction of sp³-hybridized carbons (Fsp3) is 0.250. The van der Waals surface area contributed by atoms with Crippen LogP contribution in [0.2, 0.25) is 5.02 Å². The van der Waals surface area contributed by atoms with E-state index >= 15 is 0 Å². The summed E-state index contributed by atoms with van der Waals surface area (Å²) in [7, 11) is -3.63. The normalized spacial score (nSPS) is 11.6. The highest BCUT2D eigenvalue weighted by Gasteiger charge is 2.15. The van der Waals surface area contributed by atoms with Gasteiger partial charge in [-0.25, -0.2) is 12.8 Å². The lowest BCUT2D eigenvalue weighted by atomic mass is 10.3. The number of aliphatic hydroxyl groups is 1. The second-order valence-electron chi connectivity index (χ2n) is 2.65. The van der Waals surface area contributed by atoms with Crippen LogP contribution in [-0.2, 0) is 9.84 Å². The quantitative estimate of drug-likeness (QED) is 0.862. The van der Waals surface area contributed by atoms with Gasteiger partial charge in [0.1, 0.15) is 5.82 Å². The standard InChI is InChI=1S/C8H8ClFO3S/c9-6-3-7(10)5-8(4-6)14(12,13)2-1-11/h3-5,11H,1-2H2. The SMILES string of the molecule is O=S(=O)(CCO)c1cc(F)cc(Cl)c1. The van der Waals surface area contributed by atoms with Crippen molar-refractivity contribution >= 4 is 21.4 Å². The van der Waals surface area contributed by atoms with Gasteiger partial charge in [0.2, 0.25) is 0 Å². The van der Waals surface area contributed by atoms with Crippen molar-refractivity contribution in [1.82, 2.24) is 0 Å². The molecule has 14 heavy (non-hydrogen) atoms. The van der Waals surface area contributed by atoms with Crippen molar-refractivity contribution < 1.29 is 17.9 Å². The van der Waals surface area contributed by atoms with Gasteiger partial charge in [-0.1, -0.05) is 11.6 Å². The first-order chi connectivity index (χ1) is 6.45. The molecule has 0 spiro atoms. The van der Waals surface area contributed by atoms with Crippen LogP contribution >= 0.6 is 11.6 Å². The van der Waals surface area contributed by atoms with Crippen molar-refractivity contribution in [3.05, 3.63) is 29.0 Å². The van der Waals surface area contributed by atoms with E-state index in [9.17, 15) is 12.8 Å². The van der Waals surface area contributed by atoms with Gasteiger partial charge in [-0.3, -0.25) is 0 Å². The molecular weight excluding hydrogens is 231 g/mol. The van der Waals surface area contributed by atoms with Crippen molar-refractivity contribution in [2.75, 3.05) is 12.4 Å². The van der Waals surface area contributed by atoms with Crippen LogP contribution in [0.25, 0.3) is 0 Å². The molecule has 0 bridgehead atoms. The molecule has 3 nitrogen and oxygen atoms in total. The zero-order valence-corrected chi connectivity index (χ0v) is 8.65. The van der Waals surface area contributed by atoms with Crippen LogP contribution in [0.4, 0.5) is 4.39 Å². The number of sulfone groups is 1. The third kappa shape index (κ3) is 2.67. The van der Waals surface area contributed by atoms with Gasteiger partial charge in [-0.2, -0.15) is 0 Å². The van der Waals surface area contributed by atoms with Crippen molar-refractivity contribution in [3.8, 4) is 0 Å². The average molecular weight is 239 g/mol. The molecule has 0 aromatic heterocycles. The molecule has 0 saturated carbocycles. The van der Waals surface area contributed by atoms with Crippen molar-refractivity contribution in [1.29, 1.82) is 0 Å². The van der Waals surface area contributed by atoms with Crippen LogP contribution in [0.5, 0.6) is 0 Å². The molecule has 0 unspecified atom stereocenters. The Labute approximate surface area is 86.0 Å². The number of halogens is 2. The Morgan fingerprint density at radius 1 is 1.36 bits per heavy atom. The van der Waals surface area contributed by atoms with E-state index in [0.29, 0.717) is 0 Å². The molecule has 0 amide bonds. The first kappa shape index (κ1) is 11.4. The second kappa shape index (κ2) is 4.25. The molecule has 0 aliphatic heterocycles. The number of hydrogen-bond acceptors (Lipinski definition) is 3. The third-order valence-corrected chi connectivity index (χ3v) is 3.45. The lowest BCUT2D eigenvalue weighted by molar-refractivity contribution is 0.319. The van der Waals surface area contributed by atoms with E-state index in [1.165, 1.54) is 0 Å². The van der Waals surface area contributed by atoms with E-state index in [4.69, 9.17) is 16.7 Å². The van der Waals surface area contributed by atoms with Crippen molar-refractivity contribution in [3.63, 3.8) is 0 Å². The zero-order chi connectivity index (χ0) is 10.8. The minimum absolute atomic E-state index is 0.0153. The van der Waals surface area contributed by atoms with Crippen LogP contribution in [0.3, 0.4) is 0 Å². The number of rotatable bonds is 3. The van der Waals surface area contributed by atoms with Gasteiger partial charge in [0, 0.05) is 5.02 Å². The van der Waals surface area contributed by atoms with Crippen LogP contribution in [0, 0.1) is 5.82 Å². The lowest BCUT2D eigenvalue weighted by Gasteiger charge is -2.02. The summed E-state index contributed by atoms with van der Waals surface area (Å²) in [4.78, 5) is -0.212. The molecule has 0 aliphatic carbocycles. The summed E-state index contributed by atoms with van der Waals surface area (Å²) in [6.07, 6.45) is 0. The molecule has 0 aliphatic rings. The second-order valence-corrected chi connectivity index (χ2v) is 5.19. The predicted molar refractivity (Wildman–Crippen MR) is 50.5 cm³/mol. The molecule has 0 atom stereocenters. The monoisotopic (exact) mass is 238 g/mol. The Bertz CT molecular complexity index is 410. The number of benzene rings is 1. The lowest BCUT2D eigenvalue weighted by Crippen LogP contribution is -2.10. The van der Waals surface area contributed by atoms with Crippen molar-refractivity contribution in [2.24, 2.45) is 0 Å². The largest absolute Gasteiger partial charge is 0.395 e. The molecule has 1 aromatic carbocycles. The smallest absolute Gasteiger partial charge is 0.180 e. The minimum Gasteiger partial charge on any atom is -0.395 e. The summed E-state index contributed by atoms with van der Waals surface area (Å²) >= 11 is 5.49. The van der Waals surface area contributed by atoms with Crippen LogP contribution in [0.1, 0.15) is 0 Å². The fourth-order valence-electron chi connectivity index (χ4n) is 0.946. The molecule has 1 N–H and O–H groups in total. The van der Waals surface area contributed by atoms with Gasteiger partial charge in [-0.15, -0.1) is 0 Å². The van der Waals surface area contributed by atoms with Crippen LogP contribution < -0.4 is 0 Å². The molecule has 0 saturated heterocycles. The Balaban J connectivity index is 3.19. The average Bonchev–Trinajstić information content (AvgIpc) is 2.02. The van der Waals surface area contributed by atoms with Crippen molar-refractivity contribution in [2.45, 2.75) is 4.90 Å². The summed E-state index contributed by atoms with van der Waals surface area (Å²) in [6.45, 7) is -0.504. The molecule has 6 heteroatoms. The molecular formula is C8H8ClFO3S. The van der Waals surface area contributed by atoms with Gasteiger partial charge in [-0.05, 0) is 18.2 Å². The summed E-state index contributed by atoms with van der Waals surface area (Å²) in [5.41, 5.74) is 0. The maximum Gasteiger partial charge on any atom is 0.180 e. The maximum absolute atomic E-state index is 12.8. The maximum atomic E-state index is 12.8. The van der Waals surface area contributed by atoms with Crippen LogP contribution in [0.15, 0.2) is 23.1 Å². The molecule has 0 heterocycles. The van der Waals surface area contributed by atoms with Crippen LogP contribution in [-0.4, -0.2) is 25.9 Å². The summed E-state index contributed by atoms with van der Waals surface area (Å²) in [6, 6.07) is 3.03. The van der Waals surface area contributed by atoms with E-state index in [-0.39, 0.29) is 9.92 Å². The van der Waals surface area contributed by atoms with Gasteiger partial charge in [0.05, 0.1) is 17.3 Å². The first-order valence-corrected chi connectivity index (χ1v) is 5.78. The first-order valence-electron chi connectivity index (χ1n) is 3.75. The van der Waals surface area contributed by atoms with Gasteiger partial charge in [0.25, 0.3) is 0 Å². The topological polar surface area (TPSA) is 54.4 Å². The Hall–Kier alpha value is -0.650. The predicted octanol–water partition coefficient (Wildman–Crippen LogP) is 1.25. The summed E-state index contributed by atoms with van der Waals surface area (Å²) < 4.78 is 35.5.